The number of hydrogen-bond acceptors (Lipinski definition) is 5. The van der Waals surface area contributed by atoms with Gasteiger partial charge < -0.3 is 9.84 Å². The van der Waals surface area contributed by atoms with Crippen molar-refractivity contribution in [2.24, 2.45) is 0 Å². The molecule has 8 heteroatoms. The van der Waals surface area contributed by atoms with Crippen LogP contribution in [-0.2, 0) is 0 Å². The molecule has 1 N–H and O–H groups in total. The number of carboxylic acid groups (broad SMARTS) is 1. The molecular weight excluding hydrogens is 334 g/mol. The average molecular weight is 340 g/mol. The zero-order valence-electron chi connectivity index (χ0n) is 9.28. The summed E-state index contributed by atoms with van der Waals surface area (Å²) in [7, 11) is 0. The van der Waals surface area contributed by atoms with Crippen molar-refractivity contribution in [3.63, 3.8) is 0 Å². The number of nitrogens with zero attached hydrogens (tertiary/aromatic N) is 3. The van der Waals surface area contributed by atoms with Crippen LogP contribution in [0.25, 0.3) is 4.96 Å². The van der Waals surface area contributed by atoms with Crippen molar-refractivity contribution in [3.05, 3.63) is 40.2 Å². The predicted molar refractivity (Wildman–Crippen MR) is 72.0 cm³/mol. The molecule has 0 saturated heterocycles. The second-order valence-electron chi connectivity index (χ2n) is 3.57. The number of aromatic carboxylic acids is 1. The Morgan fingerprint density at radius 1 is 1.47 bits per heavy atom. The van der Waals surface area contributed by atoms with Crippen LogP contribution < -0.4 is 4.74 Å². The largest absolute Gasteiger partial charge is 0.476 e. The number of halogens is 1. The van der Waals surface area contributed by atoms with Gasteiger partial charge in [0.1, 0.15) is 5.75 Å². The van der Waals surface area contributed by atoms with Gasteiger partial charge in [0.25, 0.3) is 5.88 Å². The second kappa shape index (κ2) is 4.63. The van der Waals surface area contributed by atoms with E-state index >= 15 is 0 Å². The van der Waals surface area contributed by atoms with Crippen molar-refractivity contribution in [1.29, 1.82) is 0 Å². The van der Waals surface area contributed by atoms with Gasteiger partial charge in [-0.3, -0.25) is 9.38 Å². The van der Waals surface area contributed by atoms with Crippen molar-refractivity contribution in [2.45, 2.75) is 0 Å². The Morgan fingerprint density at radius 3 is 3.05 bits per heavy atom. The molecule has 3 rings (SSSR count). The first-order valence-corrected chi connectivity index (χ1v) is 6.79. The molecule has 0 spiro atoms. The third kappa shape index (κ3) is 2.20. The summed E-state index contributed by atoms with van der Waals surface area (Å²) in [6.07, 6.45) is 4.74. The quantitative estimate of drug-likeness (QED) is 0.793. The number of rotatable bonds is 3. The highest BCUT2D eigenvalue weighted by molar-refractivity contribution is 9.10. The zero-order chi connectivity index (χ0) is 13.4. The van der Waals surface area contributed by atoms with Crippen molar-refractivity contribution in [2.75, 3.05) is 0 Å². The van der Waals surface area contributed by atoms with E-state index in [1.54, 1.807) is 23.8 Å². The van der Waals surface area contributed by atoms with Crippen LogP contribution in [0.4, 0.5) is 0 Å². The number of imidazole rings is 1. The summed E-state index contributed by atoms with van der Waals surface area (Å²) in [6, 6.07) is 1.69. The summed E-state index contributed by atoms with van der Waals surface area (Å²) >= 11 is 4.60. The lowest BCUT2D eigenvalue weighted by molar-refractivity contribution is 0.0686. The van der Waals surface area contributed by atoms with Crippen LogP contribution in [-0.4, -0.2) is 25.4 Å². The number of pyridine rings is 1. The second-order valence-corrected chi connectivity index (χ2v) is 5.36. The maximum absolute atomic E-state index is 11.3. The minimum atomic E-state index is -1.09. The van der Waals surface area contributed by atoms with E-state index in [9.17, 15) is 9.90 Å². The van der Waals surface area contributed by atoms with Gasteiger partial charge in [0, 0.05) is 22.2 Å². The molecule has 0 fully saturated rings. The Balaban J connectivity index is 2.07. The molecule has 3 heterocycles. The van der Waals surface area contributed by atoms with E-state index in [1.807, 2.05) is 0 Å². The molecule has 0 bridgehead atoms. The molecule has 0 saturated carbocycles. The minimum Gasteiger partial charge on any atom is -0.476 e. The molecule has 0 amide bonds. The van der Waals surface area contributed by atoms with Gasteiger partial charge in [-0.2, -0.15) is 4.98 Å². The van der Waals surface area contributed by atoms with E-state index in [1.165, 1.54) is 21.9 Å². The van der Waals surface area contributed by atoms with Crippen molar-refractivity contribution >= 4 is 38.2 Å². The van der Waals surface area contributed by atoms with Crippen molar-refractivity contribution in [3.8, 4) is 11.6 Å². The lowest BCUT2D eigenvalue weighted by Crippen LogP contribution is -2.02. The van der Waals surface area contributed by atoms with Crippen LogP contribution in [0.3, 0.4) is 0 Å². The number of hydrogen-bond donors (Lipinski definition) is 1. The Labute approximate surface area is 119 Å². The first kappa shape index (κ1) is 12.1. The van der Waals surface area contributed by atoms with Gasteiger partial charge in [-0.1, -0.05) is 0 Å². The highest BCUT2D eigenvalue weighted by Gasteiger charge is 2.21. The van der Waals surface area contributed by atoms with E-state index in [-0.39, 0.29) is 11.6 Å². The van der Waals surface area contributed by atoms with Gasteiger partial charge in [-0.25, -0.2) is 4.79 Å². The number of aromatic nitrogens is 3. The van der Waals surface area contributed by atoms with E-state index in [0.717, 1.165) is 4.47 Å². The number of carboxylic acids is 1. The first-order chi connectivity index (χ1) is 9.15. The van der Waals surface area contributed by atoms with Gasteiger partial charge >= 0.3 is 5.97 Å². The van der Waals surface area contributed by atoms with Crippen LogP contribution in [0.5, 0.6) is 11.6 Å². The third-order valence-electron chi connectivity index (χ3n) is 2.33. The Morgan fingerprint density at radius 2 is 2.32 bits per heavy atom. The fourth-order valence-electron chi connectivity index (χ4n) is 1.59. The summed E-state index contributed by atoms with van der Waals surface area (Å²) in [5.74, 6) is -0.620. The van der Waals surface area contributed by atoms with E-state index in [2.05, 4.69) is 25.9 Å². The molecule has 0 atom stereocenters. The molecule has 0 aliphatic rings. The zero-order valence-corrected chi connectivity index (χ0v) is 11.7. The molecule has 96 valence electrons. The fourth-order valence-corrected chi connectivity index (χ4v) is 2.64. The van der Waals surface area contributed by atoms with E-state index in [4.69, 9.17) is 4.74 Å². The number of ether oxygens (including phenoxy) is 1. The summed E-state index contributed by atoms with van der Waals surface area (Å²) in [5.41, 5.74) is -0.00349. The van der Waals surface area contributed by atoms with E-state index in [0.29, 0.717) is 10.7 Å². The maximum atomic E-state index is 11.3. The van der Waals surface area contributed by atoms with Crippen LogP contribution in [0.2, 0.25) is 0 Å². The Hall–Kier alpha value is -1.93. The van der Waals surface area contributed by atoms with Gasteiger partial charge in [-0.05, 0) is 22.0 Å². The van der Waals surface area contributed by atoms with Gasteiger partial charge in [-0.15, -0.1) is 11.3 Å². The SMILES string of the molecule is O=C(O)c1c(Oc2cncc(Br)c2)nc2sccn12. The monoisotopic (exact) mass is 339 g/mol. The molecule has 3 aromatic rings. The molecule has 0 unspecified atom stereocenters. The molecule has 0 radical (unpaired) electrons. The summed E-state index contributed by atoms with van der Waals surface area (Å²) in [6.45, 7) is 0. The third-order valence-corrected chi connectivity index (χ3v) is 3.52. The Bertz CT molecular complexity index is 767. The summed E-state index contributed by atoms with van der Waals surface area (Å²) < 4.78 is 7.72. The van der Waals surface area contributed by atoms with Crippen molar-refractivity contribution < 1.29 is 14.6 Å². The van der Waals surface area contributed by atoms with Gasteiger partial charge in [0.05, 0.1) is 6.20 Å². The summed E-state index contributed by atoms with van der Waals surface area (Å²) in [5, 5.41) is 11.0. The van der Waals surface area contributed by atoms with Gasteiger partial charge in [0.2, 0.25) is 0 Å². The number of fused-ring (bicyclic) bond motifs is 1. The molecular formula is C11H6BrN3O3S. The molecule has 0 aliphatic heterocycles. The Kier molecular flexibility index (Phi) is 2.96. The first-order valence-electron chi connectivity index (χ1n) is 5.12. The lowest BCUT2D eigenvalue weighted by atomic mass is 10.4. The molecule has 6 nitrogen and oxygen atoms in total. The highest BCUT2D eigenvalue weighted by atomic mass is 79.9. The average Bonchev–Trinajstić information content (AvgIpc) is 2.88. The minimum absolute atomic E-state index is 0.00349. The van der Waals surface area contributed by atoms with Crippen LogP contribution in [0.1, 0.15) is 10.5 Å². The standard InChI is InChI=1S/C11H6BrN3O3S/c12-6-3-7(5-13-4-6)18-9-8(10(16)17)15-1-2-19-11(15)14-9/h1-5H,(H,16,17). The number of carbonyl (C=O) groups is 1. The maximum Gasteiger partial charge on any atom is 0.358 e. The normalized spacial score (nSPS) is 10.8. The fraction of sp³-hybridized carbons (Fsp3) is 0. The summed E-state index contributed by atoms with van der Waals surface area (Å²) in [4.78, 5) is 20.0. The van der Waals surface area contributed by atoms with Gasteiger partial charge in [0.15, 0.2) is 10.7 Å². The number of thiazole rings is 1. The van der Waals surface area contributed by atoms with E-state index < -0.39 is 5.97 Å². The molecule has 0 aliphatic carbocycles. The van der Waals surface area contributed by atoms with Crippen LogP contribution in [0.15, 0.2) is 34.5 Å². The highest BCUT2D eigenvalue weighted by Crippen LogP contribution is 2.28. The molecule has 19 heavy (non-hydrogen) atoms. The van der Waals surface area contributed by atoms with Crippen LogP contribution in [0, 0.1) is 0 Å². The molecule has 3 aromatic heterocycles. The molecule has 0 aromatic carbocycles. The van der Waals surface area contributed by atoms with Crippen molar-refractivity contribution in [1.82, 2.24) is 14.4 Å². The smallest absolute Gasteiger partial charge is 0.358 e. The lowest BCUT2D eigenvalue weighted by Gasteiger charge is -2.03. The topological polar surface area (TPSA) is 76.7 Å². The predicted octanol–water partition coefficient (Wildman–Crippen LogP) is 3.04. The van der Waals surface area contributed by atoms with Crippen LogP contribution >= 0.6 is 27.3 Å².